The van der Waals surface area contributed by atoms with Gasteiger partial charge in [0.1, 0.15) is 0 Å². The van der Waals surface area contributed by atoms with E-state index in [1.54, 1.807) is 0 Å². The highest BCUT2D eigenvalue weighted by Crippen LogP contribution is 2.39. The van der Waals surface area contributed by atoms with Crippen LogP contribution >= 0.6 is 45.7 Å². The van der Waals surface area contributed by atoms with E-state index in [4.69, 9.17) is 23.2 Å². The maximum atomic E-state index is 6.39. The maximum Gasteiger partial charge on any atom is 0.0484 e. The molecule has 0 radical (unpaired) electrons. The molecule has 0 aliphatic rings. The lowest BCUT2D eigenvalue weighted by Crippen LogP contribution is -2.13. The fourth-order valence-corrected chi connectivity index (χ4v) is 5.48. The zero-order valence-corrected chi connectivity index (χ0v) is 23.0. The summed E-state index contributed by atoms with van der Waals surface area (Å²) in [5.74, 6) is 0. The Morgan fingerprint density at radius 2 is 1.03 bits per heavy atom. The molecule has 0 fully saturated rings. The van der Waals surface area contributed by atoms with Gasteiger partial charge in [0.15, 0.2) is 0 Å². The summed E-state index contributed by atoms with van der Waals surface area (Å²) in [7, 11) is 1.47. The molecule has 0 aliphatic carbocycles. The molecule has 4 heteroatoms. The van der Waals surface area contributed by atoms with Crippen LogP contribution in [-0.4, -0.2) is 0 Å². The first-order chi connectivity index (χ1) is 13.0. The number of hydrogen-bond donors (Lipinski definition) is 1. The molecule has 2 aromatic carbocycles. The summed E-state index contributed by atoms with van der Waals surface area (Å²) in [6.45, 7) is 23.7. The number of rotatable bonds is 1. The minimum atomic E-state index is 0.0897. The number of benzene rings is 2. The third-order valence-electron chi connectivity index (χ3n) is 5.41. The standard InChI is InChI=1S/C13H19Cl.C12H17ClS2/c1-8-7-11(13(4,5)6)12(14)10(3)9(8)2;1-7-6-9(12(3,4)5)10(13)8(2)11(7)15-14/h7H,1-6H3;6,14H,1-5H3. The van der Waals surface area contributed by atoms with Crippen LogP contribution in [0.25, 0.3) is 0 Å². The smallest absolute Gasteiger partial charge is 0.0484 e. The second-order valence-corrected chi connectivity index (χ2v) is 11.8. The van der Waals surface area contributed by atoms with Gasteiger partial charge in [-0.05, 0) is 84.4 Å². The average Bonchev–Trinajstić information content (AvgIpc) is 2.58. The molecular weight excluding hydrogens is 435 g/mol. The lowest BCUT2D eigenvalue weighted by atomic mass is 9.84. The molecule has 0 nitrogen and oxygen atoms in total. The van der Waals surface area contributed by atoms with Gasteiger partial charge in [-0.15, -0.1) is 11.7 Å². The number of hydrogen-bond acceptors (Lipinski definition) is 2. The third kappa shape index (κ3) is 6.35. The van der Waals surface area contributed by atoms with Gasteiger partial charge in [-0.1, -0.05) is 87.7 Å². The van der Waals surface area contributed by atoms with Gasteiger partial charge < -0.3 is 0 Å². The summed E-state index contributed by atoms with van der Waals surface area (Å²) in [5, 5.41) is 1.81. The number of halogens is 2. The number of thiol groups is 1. The average molecular weight is 472 g/mol. The lowest BCUT2D eigenvalue weighted by Gasteiger charge is -2.24. The summed E-state index contributed by atoms with van der Waals surface area (Å²) < 4.78 is 0. The molecule has 0 heterocycles. The topological polar surface area (TPSA) is 0 Å². The normalized spacial score (nSPS) is 11.9. The fraction of sp³-hybridized carbons (Fsp3) is 0.520. The highest BCUT2D eigenvalue weighted by molar-refractivity contribution is 8.68. The lowest BCUT2D eigenvalue weighted by molar-refractivity contribution is 0.588. The Balaban J connectivity index is 0.000000291. The minimum absolute atomic E-state index is 0.0897. The summed E-state index contributed by atoms with van der Waals surface area (Å²) >= 11 is 17.0. The van der Waals surface area contributed by atoms with E-state index in [-0.39, 0.29) is 10.8 Å². The van der Waals surface area contributed by atoms with Gasteiger partial charge in [0.25, 0.3) is 0 Å². The Labute approximate surface area is 198 Å². The predicted octanol–water partition coefficient (Wildman–Crippen LogP) is 9.75. The first kappa shape index (κ1) is 26.8. The van der Waals surface area contributed by atoms with Crippen molar-refractivity contribution in [1.82, 2.24) is 0 Å². The van der Waals surface area contributed by atoms with Gasteiger partial charge in [0.2, 0.25) is 0 Å². The zero-order valence-electron chi connectivity index (χ0n) is 19.8. The Morgan fingerprint density at radius 1 is 0.655 bits per heavy atom. The molecular formula is C25H36Cl2S2. The van der Waals surface area contributed by atoms with E-state index < -0.39 is 0 Å². The van der Waals surface area contributed by atoms with Crippen molar-refractivity contribution < 1.29 is 0 Å². The van der Waals surface area contributed by atoms with Gasteiger partial charge >= 0.3 is 0 Å². The van der Waals surface area contributed by atoms with Crippen LogP contribution < -0.4 is 0 Å². The molecule has 0 unspecified atom stereocenters. The first-order valence-corrected chi connectivity index (χ1v) is 12.5. The fourth-order valence-electron chi connectivity index (χ4n) is 3.23. The van der Waals surface area contributed by atoms with Crippen molar-refractivity contribution in [3.63, 3.8) is 0 Å². The van der Waals surface area contributed by atoms with Gasteiger partial charge in [-0.2, -0.15) is 0 Å². The van der Waals surface area contributed by atoms with E-state index in [9.17, 15) is 0 Å². The van der Waals surface area contributed by atoms with Crippen LogP contribution in [0.1, 0.15) is 80.5 Å². The van der Waals surface area contributed by atoms with Gasteiger partial charge in [-0.3, -0.25) is 0 Å². The molecule has 0 spiro atoms. The van der Waals surface area contributed by atoms with Crippen molar-refractivity contribution in [2.45, 2.75) is 91.9 Å². The van der Waals surface area contributed by atoms with Crippen LogP contribution in [0.4, 0.5) is 0 Å². The molecule has 0 atom stereocenters. The molecule has 0 amide bonds. The molecule has 0 aromatic heterocycles. The minimum Gasteiger partial charge on any atom is -0.106 e. The Bertz CT molecular complexity index is 886. The molecule has 162 valence electrons. The largest absolute Gasteiger partial charge is 0.106 e. The van der Waals surface area contributed by atoms with Gasteiger partial charge in [-0.25, -0.2) is 0 Å². The molecule has 0 saturated carbocycles. The van der Waals surface area contributed by atoms with Crippen molar-refractivity contribution >= 4 is 45.7 Å². The Hall–Kier alpha value is -0.280. The van der Waals surface area contributed by atoms with Crippen LogP contribution in [0.2, 0.25) is 10.0 Å². The predicted molar refractivity (Wildman–Crippen MR) is 139 cm³/mol. The van der Waals surface area contributed by atoms with Crippen LogP contribution in [-0.2, 0) is 10.8 Å². The molecule has 2 aromatic rings. The summed E-state index contributed by atoms with van der Waals surface area (Å²) in [6.07, 6.45) is 0. The van der Waals surface area contributed by atoms with Crippen molar-refractivity contribution in [3.05, 3.63) is 61.1 Å². The molecule has 0 bridgehead atoms. The summed E-state index contributed by atoms with van der Waals surface area (Å²) in [4.78, 5) is 1.18. The van der Waals surface area contributed by atoms with E-state index in [2.05, 4.69) is 100.0 Å². The molecule has 0 aliphatic heterocycles. The van der Waals surface area contributed by atoms with Crippen molar-refractivity contribution in [1.29, 1.82) is 0 Å². The molecule has 2 rings (SSSR count). The van der Waals surface area contributed by atoms with Crippen molar-refractivity contribution in [2.75, 3.05) is 0 Å². The Morgan fingerprint density at radius 3 is 1.41 bits per heavy atom. The van der Waals surface area contributed by atoms with Gasteiger partial charge in [0.05, 0.1) is 0 Å². The summed E-state index contributed by atoms with van der Waals surface area (Å²) in [6, 6.07) is 4.39. The molecule has 29 heavy (non-hydrogen) atoms. The number of aryl methyl sites for hydroxylation is 2. The summed E-state index contributed by atoms with van der Waals surface area (Å²) in [5.41, 5.74) is 8.93. The monoisotopic (exact) mass is 470 g/mol. The van der Waals surface area contributed by atoms with Crippen LogP contribution in [0.3, 0.4) is 0 Å². The second kappa shape index (κ2) is 9.90. The van der Waals surface area contributed by atoms with E-state index in [0.29, 0.717) is 0 Å². The van der Waals surface area contributed by atoms with Crippen LogP contribution in [0.5, 0.6) is 0 Å². The first-order valence-electron chi connectivity index (χ1n) is 9.92. The van der Waals surface area contributed by atoms with E-state index in [0.717, 1.165) is 15.6 Å². The van der Waals surface area contributed by atoms with Gasteiger partial charge in [0, 0.05) is 14.9 Å². The molecule has 0 saturated heterocycles. The van der Waals surface area contributed by atoms with Crippen molar-refractivity contribution in [3.8, 4) is 0 Å². The SMILES string of the molecule is Cc1cc(C(C)(C)C)c(Cl)c(C)c1C.Cc1cc(C(C)(C)C)c(Cl)c(C)c1SS. The highest BCUT2D eigenvalue weighted by Gasteiger charge is 2.21. The quantitative estimate of drug-likeness (QED) is 0.319. The maximum absolute atomic E-state index is 6.39. The van der Waals surface area contributed by atoms with E-state index in [1.807, 2.05) is 0 Å². The third-order valence-corrected chi connectivity index (χ3v) is 7.75. The zero-order chi connectivity index (χ0) is 22.9. The highest BCUT2D eigenvalue weighted by atomic mass is 35.5. The van der Waals surface area contributed by atoms with Crippen molar-refractivity contribution in [2.24, 2.45) is 0 Å². The Kier molecular flexibility index (Phi) is 9.13. The van der Waals surface area contributed by atoms with E-state index >= 15 is 0 Å². The van der Waals surface area contributed by atoms with E-state index in [1.165, 1.54) is 49.1 Å². The van der Waals surface area contributed by atoms with Crippen LogP contribution in [0, 0.1) is 34.6 Å². The second-order valence-electron chi connectivity index (χ2n) is 9.91. The van der Waals surface area contributed by atoms with Crippen LogP contribution in [0.15, 0.2) is 17.0 Å². The molecule has 0 N–H and O–H groups in total.